The highest BCUT2D eigenvalue weighted by molar-refractivity contribution is 5.81. The van der Waals surface area contributed by atoms with Crippen LogP contribution in [0.2, 0.25) is 0 Å². The van der Waals surface area contributed by atoms with Crippen molar-refractivity contribution in [2.75, 3.05) is 26.5 Å². The Morgan fingerprint density at radius 2 is 2.05 bits per heavy atom. The van der Waals surface area contributed by atoms with Gasteiger partial charge < -0.3 is 20.1 Å². The lowest BCUT2D eigenvalue weighted by Gasteiger charge is -2.08. The smallest absolute Gasteiger partial charge is 0.407 e. The van der Waals surface area contributed by atoms with Gasteiger partial charge in [0.15, 0.2) is 0 Å². The van der Waals surface area contributed by atoms with E-state index in [0.29, 0.717) is 6.61 Å². The lowest BCUT2D eigenvalue weighted by Crippen LogP contribution is -2.38. The number of carbonyl (C=O) groups is 2. The number of nitrogens with one attached hydrogen (secondary N) is 2. The summed E-state index contributed by atoms with van der Waals surface area (Å²) in [5.74, 6) is -0.340. The first-order valence-electron chi connectivity index (χ1n) is 6.11. The molecule has 0 aliphatic heterocycles. The SMILES string of the molecule is C=CCOC(=O)NCC(=O)NCOC/C(C)=C/CC. The Hall–Kier alpha value is -1.82. The molecule has 19 heavy (non-hydrogen) atoms. The van der Waals surface area contributed by atoms with Crippen molar-refractivity contribution < 1.29 is 19.1 Å². The summed E-state index contributed by atoms with van der Waals surface area (Å²) < 4.78 is 9.87. The zero-order chi connectivity index (χ0) is 14.5. The summed E-state index contributed by atoms with van der Waals surface area (Å²) in [7, 11) is 0. The highest BCUT2D eigenvalue weighted by Crippen LogP contribution is 1.94. The van der Waals surface area contributed by atoms with Crippen molar-refractivity contribution in [3.05, 3.63) is 24.3 Å². The number of hydrogen-bond donors (Lipinski definition) is 2. The number of amides is 2. The summed E-state index contributed by atoms with van der Waals surface area (Å²) in [6.45, 7) is 7.95. The van der Waals surface area contributed by atoms with Crippen molar-refractivity contribution in [3.8, 4) is 0 Å². The maximum Gasteiger partial charge on any atom is 0.407 e. The molecule has 0 aliphatic rings. The largest absolute Gasteiger partial charge is 0.445 e. The molecule has 0 rings (SSSR count). The minimum absolute atomic E-state index is 0.108. The third-order valence-electron chi connectivity index (χ3n) is 1.98. The van der Waals surface area contributed by atoms with Gasteiger partial charge in [-0.15, -0.1) is 0 Å². The predicted octanol–water partition coefficient (Wildman–Crippen LogP) is 1.35. The summed E-state index contributed by atoms with van der Waals surface area (Å²) in [5, 5.41) is 4.81. The van der Waals surface area contributed by atoms with Crippen LogP contribution in [0, 0.1) is 0 Å². The molecular formula is C13H22N2O4. The first kappa shape index (κ1) is 17.2. The molecule has 6 nitrogen and oxygen atoms in total. The molecule has 108 valence electrons. The molecule has 0 aromatic carbocycles. The van der Waals surface area contributed by atoms with Gasteiger partial charge in [-0.25, -0.2) is 4.79 Å². The summed E-state index contributed by atoms with van der Waals surface area (Å²) in [6.07, 6.45) is 3.80. The van der Waals surface area contributed by atoms with Crippen molar-refractivity contribution in [2.45, 2.75) is 20.3 Å². The van der Waals surface area contributed by atoms with Crippen LogP contribution < -0.4 is 10.6 Å². The van der Waals surface area contributed by atoms with E-state index in [-0.39, 0.29) is 25.8 Å². The Labute approximate surface area is 113 Å². The standard InChI is InChI=1S/C13H22N2O4/c1-4-6-11(3)9-18-10-15-12(16)8-14-13(17)19-7-5-2/h5-6H,2,4,7-10H2,1,3H3,(H,14,17)(H,15,16)/b11-6+. The molecule has 0 bridgehead atoms. The van der Waals surface area contributed by atoms with Crippen molar-refractivity contribution in [1.82, 2.24) is 10.6 Å². The number of carbonyl (C=O) groups excluding carboxylic acids is 2. The van der Waals surface area contributed by atoms with E-state index in [9.17, 15) is 9.59 Å². The molecule has 0 aromatic heterocycles. The molecule has 2 N–H and O–H groups in total. The highest BCUT2D eigenvalue weighted by atomic mass is 16.5. The van der Waals surface area contributed by atoms with Gasteiger partial charge in [-0.3, -0.25) is 4.79 Å². The molecule has 0 unspecified atom stereocenters. The van der Waals surface area contributed by atoms with Crippen molar-refractivity contribution in [1.29, 1.82) is 0 Å². The fourth-order valence-corrected chi connectivity index (χ4v) is 1.15. The van der Waals surface area contributed by atoms with Crippen molar-refractivity contribution in [3.63, 3.8) is 0 Å². The van der Waals surface area contributed by atoms with Gasteiger partial charge >= 0.3 is 6.09 Å². The maximum atomic E-state index is 11.3. The lowest BCUT2D eigenvalue weighted by molar-refractivity contribution is -0.121. The van der Waals surface area contributed by atoms with E-state index < -0.39 is 6.09 Å². The first-order chi connectivity index (χ1) is 9.10. The van der Waals surface area contributed by atoms with E-state index >= 15 is 0 Å². The molecule has 2 amide bonds. The van der Waals surface area contributed by atoms with Crippen LogP contribution in [0.25, 0.3) is 0 Å². The van der Waals surface area contributed by atoms with Crippen LogP contribution in [0.4, 0.5) is 4.79 Å². The monoisotopic (exact) mass is 270 g/mol. The van der Waals surface area contributed by atoms with Crippen LogP contribution in [0.1, 0.15) is 20.3 Å². The van der Waals surface area contributed by atoms with Crippen LogP contribution in [-0.4, -0.2) is 38.5 Å². The van der Waals surface area contributed by atoms with E-state index in [0.717, 1.165) is 12.0 Å². The first-order valence-corrected chi connectivity index (χ1v) is 6.11. The summed E-state index contributed by atoms with van der Waals surface area (Å²) in [6, 6.07) is 0. The van der Waals surface area contributed by atoms with Gasteiger partial charge in [0.05, 0.1) is 6.61 Å². The summed E-state index contributed by atoms with van der Waals surface area (Å²) in [5.41, 5.74) is 1.11. The Morgan fingerprint density at radius 1 is 1.32 bits per heavy atom. The topological polar surface area (TPSA) is 76.7 Å². The van der Waals surface area contributed by atoms with Crippen LogP contribution in [0.15, 0.2) is 24.3 Å². The molecule has 0 spiro atoms. The fourth-order valence-electron chi connectivity index (χ4n) is 1.15. The second-order valence-corrected chi connectivity index (χ2v) is 3.79. The molecular weight excluding hydrogens is 248 g/mol. The molecule has 0 saturated carbocycles. The average molecular weight is 270 g/mol. The van der Waals surface area contributed by atoms with Crippen molar-refractivity contribution in [2.24, 2.45) is 0 Å². The Balaban J connectivity index is 3.57. The fraction of sp³-hybridized carbons (Fsp3) is 0.538. The van der Waals surface area contributed by atoms with E-state index in [1.54, 1.807) is 0 Å². The van der Waals surface area contributed by atoms with Crippen LogP contribution in [-0.2, 0) is 14.3 Å². The second kappa shape index (κ2) is 11.3. The lowest BCUT2D eigenvalue weighted by atomic mass is 10.3. The zero-order valence-corrected chi connectivity index (χ0v) is 11.5. The van der Waals surface area contributed by atoms with Crippen LogP contribution in [0.5, 0.6) is 0 Å². The molecule has 6 heteroatoms. The summed E-state index contributed by atoms with van der Waals surface area (Å²) >= 11 is 0. The van der Waals surface area contributed by atoms with Gasteiger partial charge in [-0.1, -0.05) is 31.2 Å². The van der Waals surface area contributed by atoms with Gasteiger partial charge in [0.2, 0.25) is 5.91 Å². The Kier molecular flexibility index (Phi) is 10.2. The average Bonchev–Trinajstić information content (AvgIpc) is 2.39. The van der Waals surface area contributed by atoms with E-state index in [1.165, 1.54) is 6.08 Å². The molecule has 0 heterocycles. The molecule has 0 saturated heterocycles. The van der Waals surface area contributed by atoms with Gasteiger partial charge in [0.1, 0.15) is 19.9 Å². The van der Waals surface area contributed by atoms with E-state index in [2.05, 4.69) is 28.0 Å². The molecule has 0 aromatic rings. The minimum atomic E-state index is -0.655. The molecule has 0 radical (unpaired) electrons. The normalized spacial score (nSPS) is 10.7. The third kappa shape index (κ3) is 11.0. The Morgan fingerprint density at radius 3 is 2.68 bits per heavy atom. The van der Waals surface area contributed by atoms with Gasteiger partial charge in [-0.05, 0) is 13.3 Å². The van der Waals surface area contributed by atoms with Gasteiger partial charge in [0, 0.05) is 0 Å². The van der Waals surface area contributed by atoms with Gasteiger partial charge in [-0.2, -0.15) is 0 Å². The van der Waals surface area contributed by atoms with Gasteiger partial charge in [0.25, 0.3) is 0 Å². The number of hydrogen-bond acceptors (Lipinski definition) is 4. The Bertz CT molecular complexity index is 327. The molecule has 0 atom stereocenters. The van der Waals surface area contributed by atoms with Crippen LogP contribution >= 0.6 is 0 Å². The number of allylic oxidation sites excluding steroid dienone is 1. The highest BCUT2D eigenvalue weighted by Gasteiger charge is 2.04. The minimum Gasteiger partial charge on any atom is -0.445 e. The third-order valence-corrected chi connectivity index (χ3v) is 1.98. The number of ether oxygens (including phenoxy) is 2. The van der Waals surface area contributed by atoms with E-state index in [1.807, 2.05) is 13.8 Å². The second-order valence-electron chi connectivity index (χ2n) is 3.79. The summed E-state index contributed by atoms with van der Waals surface area (Å²) in [4.78, 5) is 22.3. The van der Waals surface area contributed by atoms with Crippen molar-refractivity contribution >= 4 is 12.0 Å². The van der Waals surface area contributed by atoms with Crippen LogP contribution in [0.3, 0.4) is 0 Å². The number of rotatable bonds is 9. The van der Waals surface area contributed by atoms with E-state index in [4.69, 9.17) is 4.74 Å². The molecule has 0 aliphatic carbocycles. The number of alkyl carbamates (subject to hydrolysis) is 1. The zero-order valence-electron chi connectivity index (χ0n) is 11.5. The maximum absolute atomic E-state index is 11.3. The molecule has 0 fully saturated rings. The quantitative estimate of drug-likeness (QED) is 0.376. The predicted molar refractivity (Wildman–Crippen MR) is 72.6 cm³/mol.